The highest BCUT2D eigenvalue weighted by Gasteiger charge is 2.26. The first-order chi connectivity index (χ1) is 12.1. The summed E-state index contributed by atoms with van der Waals surface area (Å²) in [6, 6.07) is 14.6. The van der Waals surface area contributed by atoms with Crippen molar-refractivity contribution in [1.82, 2.24) is 14.5 Å². The van der Waals surface area contributed by atoms with Crippen LogP contribution in [0.15, 0.2) is 48.5 Å². The molecule has 0 saturated carbocycles. The van der Waals surface area contributed by atoms with Gasteiger partial charge in [0.25, 0.3) is 0 Å². The summed E-state index contributed by atoms with van der Waals surface area (Å²) in [5, 5.41) is 0.484. The first-order valence-corrected chi connectivity index (χ1v) is 7.89. The molecule has 6 nitrogen and oxygen atoms in total. The van der Waals surface area contributed by atoms with E-state index in [1.165, 1.54) is 7.11 Å². The summed E-state index contributed by atoms with van der Waals surface area (Å²) in [4.78, 5) is 21.5. The third-order valence-corrected chi connectivity index (χ3v) is 4.30. The van der Waals surface area contributed by atoms with Gasteiger partial charge in [-0.15, -0.1) is 0 Å². The van der Waals surface area contributed by atoms with Crippen LogP contribution in [0.4, 0.5) is 5.82 Å². The number of halogens is 1. The second-order valence-corrected chi connectivity index (χ2v) is 5.83. The van der Waals surface area contributed by atoms with Crippen LogP contribution in [-0.2, 0) is 4.74 Å². The van der Waals surface area contributed by atoms with Gasteiger partial charge in [0.2, 0.25) is 0 Å². The van der Waals surface area contributed by atoms with Crippen LogP contribution in [-0.4, -0.2) is 27.6 Å². The molecule has 0 fully saturated rings. The molecule has 0 saturated heterocycles. The highest BCUT2D eigenvalue weighted by molar-refractivity contribution is 6.32. The van der Waals surface area contributed by atoms with Crippen LogP contribution >= 0.6 is 11.6 Å². The quantitative estimate of drug-likeness (QED) is 0.557. The number of anilines is 1. The summed E-state index contributed by atoms with van der Waals surface area (Å²) in [7, 11) is 1.30. The lowest BCUT2D eigenvalue weighted by Crippen LogP contribution is -2.07. The predicted molar refractivity (Wildman–Crippen MR) is 97.1 cm³/mol. The molecule has 0 bridgehead atoms. The van der Waals surface area contributed by atoms with E-state index >= 15 is 0 Å². The number of hydrogen-bond donors (Lipinski definition) is 1. The van der Waals surface area contributed by atoms with Gasteiger partial charge in [0.05, 0.1) is 28.9 Å². The molecule has 0 unspecified atom stereocenters. The fourth-order valence-corrected chi connectivity index (χ4v) is 3.06. The smallest absolute Gasteiger partial charge is 0.343 e. The molecule has 2 heterocycles. The summed E-state index contributed by atoms with van der Waals surface area (Å²) in [6.07, 6.45) is 0. The van der Waals surface area contributed by atoms with Crippen LogP contribution in [0.2, 0.25) is 5.02 Å². The fraction of sp³-hybridized carbons (Fsp3) is 0.0556. The van der Waals surface area contributed by atoms with Crippen molar-refractivity contribution in [1.29, 1.82) is 0 Å². The Kier molecular flexibility index (Phi) is 3.54. The van der Waals surface area contributed by atoms with Gasteiger partial charge in [0, 0.05) is 0 Å². The minimum absolute atomic E-state index is 0.177. The third kappa shape index (κ3) is 2.30. The molecule has 2 aromatic carbocycles. The molecular formula is C18H13ClN4O2. The van der Waals surface area contributed by atoms with Crippen molar-refractivity contribution in [2.24, 2.45) is 0 Å². The Bertz CT molecular complexity index is 1140. The van der Waals surface area contributed by atoms with E-state index < -0.39 is 5.97 Å². The maximum absolute atomic E-state index is 12.3. The third-order valence-electron chi connectivity index (χ3n) is 3.98. The number of benzene rings is 2. The van der Waals surface area contributed by atoms with Gasteiger partial charge in [-0.25, -0.2) is 14.8 Å². The molecule has 0 amide bonds. The number of fused-ring (bicyclic) bond motifs is 2. The topological polar surface area (TPSA) is 83.0 Å². The summed E-state index contributed by atoms with van der Waals surface area (Å²) >= 11 is 6.33. The van der Waals surface area contributed by atoms with Gasteiger partial charge >= 0.3 is 5.97 Å². The fourth-order valence-electron chi connectivity index (χ4n) is 2.84. The van der Waals surface area contributed by atoms with Crippen molar-refractivity contribution in [3.8, 4) is 5.69 Å². The Hall–Kier alpha value is -3.12. The van der Waals surface area contributed by atoms with Gasteiger partial charge in [-0.05, 0) is 24.3 Å². The number of aromatic nitrogens is 3. The largest absolute Gasteiger partial charge is 0.465 e. The standard InChI is InChI=1S/C18H13ClN4O2/c1-25-18(24)14-15-17(22-12-8-4-3-7-11(12)21-15)23(16(14)20)13-9-5-2-6-10(13)19/h2-9H,20H2,1H3. The lowest BCUT2D eigenvalue weighted by molar-refractivity contribution is 0.0604. The monoisotopic (exact) mass is 352 g/mol. The minimum atomic E-state index is -0.571. The number of ether oxygens (including phenoxy) is 1. The van der Waals surface area contributed by atoms with E-state index in [4.69, 9.17) is 22.1 Å². The van der Waals surface area contributed by atoms with Crippen LogP contribution in [0.3, 0.4) is 0 Å². The summed E-state index contributed by atoms with van der Waals surface area (Å²) < 4.78 is 6.51. The van der Waals surface area contributed by atoms with Crippen molar-refractivity contribution in [3.05, 3.63) is 59.1 Å². The van der Waals surface area contributed by atoms with Crippen LogP contribution in [0.1, 0.15) is 10.4 Å². The SMILES string of the molecule is COC(=O)c1c(N)n(-c2ccccc2Cl)c2nc3ccccc3nc12. The summed E-state index contributed by atoms with van der Waals surface area (Å²) in [5.41, 5.74) is 9.26. The van der Waals surface area contributed by atoms with Crippen molar-refractivity contribution in [2.45, 2.75) is 0 Å². The molecule has 25 heavy (non-hydrogen) atoms. The van der Waals surface area contributed by atoms with Crippen molar-refractivity contribution in [3.63, 3.8) is 0 Å². The average molecular weight is 353 g/mol. The van der Waals surface area contributed by atoms with Gasteiger partial charge in [0.1, 0.15) is 16.9 Å². The molecule has 0 aliphatic rings. The van der Waals surface area contributed by atoms with Crippen LogP contribution in [0.25, 0.3) is 27.9 Å². The Morgan fingerprint density at radius 3 is 2.40 bits per heavy atom. The van der Waals surface area contributed by atoms with E-state index in [9.17, 15) is 4.79 Å². The van der Waals surface area contributed by atoms with E-state index in [-0.39, 0.29) is 11.4 Å². The van der Waals surface area contributed by atoms with Crippen molar-refractivity contribution >= 4 is 45.6 Å². The highest BCUT2D eigenvalue weighted by Crippen LogP contribution is 2.33. The molecule has 0 aliphatic carbocycles. The van der Waals surface area contributed by atoms with Gasteiger partial charge in [-0.2, -0.15) is 0 Å². The summed E-state index contributed by atoms with van der Waals surface area (Å²) in [5.74, 6) is -0.386. The van der Waals surface area contributed by atoms with Crippen molar-refractivity contribution in [2.75, 3.05) is 12.8 Å². The first kappa shape index (κ1) is 15.4. The molecular weight excluding hydrogens is 340 g/mol. The number of hydrogen-bond acceptors (Lipinski definition) is 5. The molecule has 2 N–H and O–H groups in total. The molecule has 4 aromatic rings. The van der Waals surface area contributed by atoms with E-state index in [0.717, 1.165) is 0 Å². The van der Waals surface area contributed by atoms with E-state index in [1.54, 1.807) is 16.7 Å². The Morgan fingerprint density at radius 1 is 1.08 bits per heavy atom. The number of nitrogen functional groups attached to an aromatic ring is 1. The minimum Gasteiger partial charge on any atom is -0.465 e. The lowest BCUT2D eigenvalue weighted by atomic mass is 10.2. The first-order valence-electron chi connectivity index (χ1n) is 7.51. The number of esters is 1. The molecule has 7 heteroatoms. The number of carbonyl (C=O) groups excluding carboxylic acids is 1. The number of nitrogens with two attached hydrogens (primary N) is 1. The summed E-state index contributed by atoms with van der Waals surface area (Å²) in [6.45, 7) is 0. The second kappa shape index (κ2) is 5.75. The van der Waals surface area contributed by atoms with Gasteiger partial charge < -0.3 is 10.5 Å². The predicted octanol–water partition coefficient (Wildman–Crippen LogP) is 3.60. The number of nitrogens with zero attached hydrogens (tertiary/aromatic N) is 3. The number of para-hydroxylation sites is 3. The molecule has 4 rings (SSSR count). The average Bonchev–Trinajstić information content (AvgIpc) is 2.90. The van der Waals surface area contributed by atoms with E-state index in [2.05, 4.69) is 9.97 Å². The van der Waals surface area contributed by atoms with E-state index in [1.807, 2.05) is 36.4 Å². The Balaban J connectivity index is 2.18. The van der Waals surface area contributed by atoms with Gasteiger partial charge in [0.15, 0.2) is 5.65 Å². The molecule has 0 radical (unpaired) electrons. The van der Waals surface area contributed by atoms with Crippen LogP contribution in [0.5, 0.6) is 0 Å². The molecule has 0 spiro atoms. The highest BCUT2D eigenvalue weighted by atomic mass is 35.5. The van der Waals surface area contributed by atoms with Crippen molar-refractivity contribution < 1.29 is 9.53 Å². The zero-order valence-electron chi connectivity index (χ0n) is 13.2. The van der Waals surface area contributed by atoms with Crippen LogP contribution < -0.4 is 5.73 Å². The van der Waals surface area contributed by atoms with Gasteiger partial charge in [-0.1, -0.05) is 35.9 Å². The van der Waals surface area contributed by atoms with E-state index in [0.29, 0.717) is 32.9 Å². The zero-order valence-corrected chi connectivity index (χ0v) is 14.0. The maximum Gasteiger partial charge on any atom is 0.343 e. The maximum atomic E-state index is 12.3. The molecule has 0 atom stereocenters. The number of rotatable bonds is 2. The normalized spacial score (nSPS) is 11.1. The number of carbonyl (C=O) groups is 1. The molecule has 0 aliphatic heterocycles. The molecule has 124 valence electrons. The Labute approximate surface area is 147 Å². The number of methoxy groups -OCH3 is 1. The zero-order chi connectivity index (χ0) is 17.6. The Morgan fingerprint density at radius 2 is 1.72 bits per heavy atom. The lowest BCUT2D eigenvalue weighted by Gasteiger charge is -2.09. The second-order valence-electron chi connectivity index (χ2n) is 5.42. The molecule has 2 aromatic heterocycles. The van der Waals surface area contributed by atoms with Gasteiger partial charge in [-0.3, -0.25) is 4.57 Å². The van der Waals surface area contributed by atoms with Crippen LogP contribution in [0, 0.1) is 0 Å².